The highest BCUT2D eigenvalue weighted by molar-refractivity contribution is 5.92. The van der Waals surface area contributed by atoms with Gasteiger partial charge >= 0.3 is 12.0 Å². The molecule has 0 unspecified atom stereocenters. The maximum Gasteiger partial charge on any atom is 0.337 e. The Bertz CT molecular complexity index is 437. The molecule has 7 heteroatoms. The Hall–Kier alpha value is -2.15. The summed E-state index contributed by atoms with van der Waals surface area (Å²) in [6.45, 7) is 3.63. The molecule has 19 heavy (non-hydrogen) atoms. The first kappa shape index (κ1) is 14.9. The molecule has 1 heterocycles. The second kappa shape index (κ2) is 8.04. The van der Waals surface area contributed by atoms with Crippen LogP contribution in [0.15, 0.2) is 18.5 Å². The molecule has 0 bridgehead atoms. The van der Waals surface area contributed by atoms with E-state index in [0.717, 1.165) is 0 Å². The smallest absolute Gasteiger partial charge is 0.337 e. The number of rotatable bonds is 7. The molecule has 0 saturated carbocycles. The maximum atomic E-state index is 11.5. The molecule has 2 amide bonds. The fourth-order valence-corrected chi connectivity index (χ4v) is 1.32. The second-order valence-electron chi connectivity index (χ2n) is 3.70. The number of aromatic carboxylic acids is 1. The van der Waals surface area contributed by atoms with Crippen LogP contribution >= 0.6 is 0 Å². The number of carboxylic acid groups (broad SMARTS) is 1. The van der Waals surface area contributed by atoms with Crippen molar-refractivity contribution in [3.63, 3.8) is 0 Å². The van der Waals surface area contributed by atoms with Crippen molar-refractivity contribution >= 4 is 17.7 Å². The zero-order valence-corrected chi connectivity index (χ0v) is 10.7. The van der Waals surface area contributed by atoms with Crippen molar-refractivity contribution in [1.82, 2.24) is 10.3 Å². The Kier molecular flexibility index (Phi) is 6.31. The number of aromatic nitrogens is 1. The van der Waals surface area contributed by atoms with Crippen molar-refractivity contribution in [3.05, 3.63) is 24.0 Å². The number of pyridine rings is 1. The fraction of sp³-hybridized carbons (Fsp3) is 0.417. The highest BCUT2D eigenvalue weighted by atomic mass is 16.5. The van der Waals surface area contributed by atoms with Crippen molar-refractivity contribution in [2.24, 2.45) is 0 Å². The summed E-state index contributed by atoms with van der Waals surface area (Å²) in [7, 11) is 0. The molecule has 0 aromatic carbocycles. The third kappa shape index (κ3) is 5.82. The molecule has 0 radical (unpaired) electrons. The van der Waals surface area contributed by atoms with Crippen molar-refractivity contribution in [2.45, 2.75) is 13.3 Å². The quantitative estimate of drug-likeness (QED) is 0.647. The summed E-state index contributed by atoms with van der Waals surface area (Å²) >= 11 is 0. The summed E-state index contributed by atoms with van der Waals surface area (Å²) in [6, 6.07) is 0.940. The summed E-state index contributed by atoms with van der Waals surface area (Å²) < 4.78 is 5.13. The van der Waals surface area contributed by atoms with Gasteiger partial charge < -0.3 is 20.5 Å². The molecule has 0 aliphatic carbocycles. The summed E-state index contributed by atoms with van der Waals surface area (Å²) in [6.07, 6.45) is 3.31. The van der Waals surface area contributed by atoms with Gasteiger partial charge in [0.25, 0.3) is 0 Å². The molecule has 0 spiro atoms. The number of carboxylic acids is 1. The zero-order valence-electron chi connectivity index (χ0n) is 10.7. The van der Waals surface area contributed by atoms with Gasteiger partial charge in [0.1, 0.15) is 0 Å². The van der Waals surface area contributed by atoms with Gasteiger partial charge in [0, 0.05) is 26.0 Å². The summed E-state index contributed by atoms with van der Waals surface area (Å²) in [5, 5.41) is 13.9. The Labute approximate surface area is 111 Å². The van der Waals surface area contributed by atoms with Crippen LogP contribution in [0.3, 0.4) is 0 Å². The lowest BCUT2D eigenvalue weighted by atomic mass is 10.3. The Morgan fingerprint density at radius 1 is 1.42 bits per heavy atom. The largest absolute Gasteiger partial charge is 0.478 e. The molecule has 7 nitrogen and oxygen atoms in total. The van der Waals surface area contributed by atoms with E-state index in [4.69, 9.17) is 9.84 Å². The minimum Gasteiger partial charge on any atom is -0.478 e. The summed E-state index contributed by atoms with van der Waals surface area (Å²) in [5.41, 5.74) is 0.358. The molecule has 0 saturated heterocycles. The number of hydrogen-bond acceptors (Lipinski definition) is 4. The molecule has 0 fully saturated rings. The number of nitrogens with one attached hydrogen (secondary N) is 2. The first-order valence-electron chi connectivity index (χ1n) is 5.94. The Morgan fingerprint density at radius 2 is 2.21 bits per heavy atom. The lowest BCUT2D eigenvalue weighted by Crippen LogP contribution is -2.30. The maximum absolute atomic E-state index is 11.5. The number of amides is 2. The number of ether oxygens (including phenoxy) is 1. The zero-order chi connectivity index (χ0) is 14.1. The predicted molar refractivity (Wildman–Crippen MR) is 69.3 cm³/mol. The first-order chi connectivity index (χ1) is 9.13. The van der Waals surface area contributed by atoms with E-state index in [1.165, 1.54) is 18.5 Å². The molecular formula is C12H17N3O4. The van der Waals surface area contributed by atoms with Gasteiger partial charge in [-0.15, -0.1) is 0 Å². The van der Waals surface area contributed by atoms with Crippen LogP contribution in [0.2, 0.25) is 0 Å². The average molecular weight is 267 g/mol. The van der Waals surface area contributed by atoms with Gasteiger partial charge in [0.05, 0.1) is 17.4 Å². The third-order valence-electron chi connectivity index (χ3n) is 2.20. The van der Waals surface area contributed by atoms with Crippen LogP contribution < -0.4 is 10.6 Å². The predicted octanol–water partition coefficient (Wildman–Crippen LogP) is 1.33. The van der Waals surface area contributed by atoms with Gasteiger partial charge in [-0.2, -0.15) is 0 Å². The average Bonchev–Trinajstić information content (AvgIpc) is 2.38. The van der Waals surface area contributed by atoms with Gasteiger partial charge in [-0.3, -0.25) is 4.98 Å². The highest BCUT2D eigenvalue weighted by Gasteiger charge is 2.06. The lowest BCUT2D eigenvalue weighted by molar-refractivity contribution is 0.0696. The van der Waals surface area contributed by atoms with Crippen molar-refractivity contribution in [3.8, 4) is 0 Å². The lowest BCUT2D eigenvalue weighted by Gasteiger charge is -2.07. The van der Waals surface area contributed by atoms with Crippen LogP contribution in [-0.4, -0.2) is 41.8 Å². The van der Waals surface area contributed by atoms with E-state index in [2.05, 4.69) is 15.6 Å². The van der Waals surface area contributed by atoms with E-state index in [1.807, 2.05) is 6.92 Å². The molecule has 1 aromatic heterocycles. The minimum absolute atomic E-state index is 0.0224. The molecule has 0 aliphatic heterocycles. The van der Waals surface area contributed by atoms with Crippen molar-refractivity contribution < 1.29 is 19.4 Å². The molecular weight excluding hydrogens is 250 g/mol. The van der Waals surface area contributed by atoms with Crippen LogP contribution in [0.4, 0.5) is 10.5 Å². The summed E-state index contributed by atoms with van der Waals surface area (Å²) in [5.74, 6) is -1.09. The van der Waals surface area contributed by atoms with Crippen molar-refractivity contribution in [2.75, 3.05) is 25.1 Å². The van der Waals surface area contributed by atoms with Crippen LogP contribution in [0.25, 0.3) is 0 Å². The van der Waals surface area contributed by atoms with Crippen LogP contribution in [0, 0.1) is 0 Å². The number of nitrogens with zero attached hydrogens (tertiary/aromatic N) is 1. The first-order valence-corrected chi connectivity index (χ1v) is 5.94. The van der Waals surface area contributed by atoms with Crippen molar-refractivity contribution in [1.29, 1.82) is 0 Å². The van der Waals surface area contributed by atoms with Crippen LogP contribution in [0.1, 0.15) is 23.7 Å². The van der Waals surface area contributed by atoms with E-state index in [9.17, 15) is 9.59 Å². The number of anilines is 1. The minimum atomic E-state index is -1.09. The van der Waals surface area contributed by atoms with E-state index < -0.39 is 12.0 Å². The molecule has 3 N–H and O–H groups in total. The highest BCUT2D eigenvalue weighted by Crippen LogP contribution is 2.07. The molecule has 0 aliphatic rings. The number of urea groups is 1. The number of carbonyl (C=O) groups excluding carboxylic acids is 1. The van der Waals surface area contributed by atoms with Gasteiger partial charge in [0.2, 0.25) is 0 Å². The normalized spacial score (nSPS) is 9.95. The SMILES string of the molecule is CCOCCCNC(=O)Nc1cncc(C(=O)O)c1. The Morgan fingerprint density at radius 3 is 2.89 bits per heavy atom. The van der Waals surface area contributed by atoms with E-state index in [1.54, 1.807) is 0 Å². The van der Waals surface area contributed by atoms with E-state index in [-0.39, 0.29) is 5.56 Å². The fourth-order valence-electron chi connectivity index (χ4n) is 1.32. The van der Waals surface area contributed by atoms with Gasteiger partial charge in [0.15, 0.2) is 0 Å². The Balaban J connectivity index is 2.35. The van der Waals surface area contributed by atoms with Crippen LogP contribution in [-0.2, 0) is 4.74 Å². The third-order valence-corrected chi connectivity index (χ3v) is 2.20. The second-order valence-corrected chi connectivity index (χ2v) is 3.70. The van der Waals surface area contributed by atoms with Gasteiger partial charge in [-0.25, -0.2) is 9.59 Å². The molecule has 1 aromatic rings. The number of hydrogen-bond donors (Lipinski definition) is 3. The summed E-state index contributed by atoms with van der Waals surface area (Å²) in [4.78, 5) is 26.0. The standard InChI is InChI=1S/C12H17N3O4/c1-2-19-5-3-4-14-12(18)15-10-6-9(11(16)17)7-13-8-10/h6-8H,2-5H2,1H3,(H,16,17)(H2,14,15,18). The molecule has 1 rings (SSSR count). The number of carbonyl (C=O) groups is 2. The van der Waals surface area contributed by atoms with Gasteiger partial charge in [-0.05, 0) is 19.4 Å². The van der Waals surface area contributed by atoms with E-state index in [0.29, 0.717) is 31.9 Å². The molecule has 104 valence electrons. The van der Waals surface area contributed by atoms with Gasteiger partial charge in [-0.1, -0.05) is 0 Å². The van der Waals surface area contributed by atoms with E-state index >= 15 is 0 Å². The monoisotopic (exact) mass is 267 g/mol. The topological polar surface area (TPSA) is 101 Å². The van der Waals surface area contributed by atoms with Crippen LogP contribution in [0.5, 0.6) is 0 Å². The molecule has 0 atom stereocenters.